The van der Waals surface area contributed by atoms with E-state index >= 15 is 0 Å². The van der Waals surface area contributed by atoms with Crippen LogP contribution >= 0.6 is 11.8 Å². The summed E-state index contributed by atoms with van der Waals surface area (Å²) in [7, 11) is 0. The molecule has 1 unspecified atom stereocenters. The standard InChI is InChI=1S/C11H19N3OS/c1-2-11(15,9-12)4-3-7-16-10-8-13-5-6-14-10/h5-6,8,15H,2-4,7,9,12H2,1H3. The van der Waals surface area contributed by atoms with Crippen LogP contribution in [0.1, 0.15) is 26.2 Å². The fourth-order valence-corrected chi connectivity index (χ4v) is 2.13. The van der Waals surface area contributed by atoms with Crippen LogP contribution in [0.4, 0.5) is 0 Å². The van der Waals surface area contributed by atoms with Gasteiger partial charge in [-0.25, -0.2) is 4.98 Å². The van der Waals surface area contributed by atoms with Gasteiger partial charge in [0, 0.05) is 18.9 Å². The van der Waals surface area contributed by atoms with E-state index < -0.39 is 5.60 Å². The van der Waals surface area contributed by atoms with Crippen molar-refractivity contribution in [2.75, 3.05) is 12.3 Å². The third kappa shape index (κ3) is 4.47. The molecule has 0 radical (unpaired) electrons. The van der Waals surface area contributed by atoms with E-state index in [0.29, 0.717) is 13.0 Å². The highest BCUT2D eigenvalue weighted by atomic mass is 32.2. The summed E-state index contributed by atoms with van der Waals surface area (Å²) in [4.78, 5) is 8.16. The van der Waals surface area contributed by atoms with Crippen LogP contribution in [0.3, 0.4) is 0 Å². The Kier molecular flexibility index (Phi) is 5.73. The molecule has 16 heavy (non-hydrogen) atoms. The third-order valence-electron chi connectivity index (χ3n) is 2.61. The van der Waals surface area contributed by atoms with E-state index in [-0.39, 0.29) is 0 Å². The largest absolute Gasteiger partial charge is 0.389 e. The van der Waals surface area contributed by atoms with Crippen molar-refractivity contribution in [2.24, 2.45) is 5.73 Å². The molecule has 0 saturated carbocycles. The first-order valence-electron chi connectivity index (χ1n) is 5.51. The Bertz CT molecular complexity index is 291. The van der Waals surface area contributed by atoms with E-state index in [9.17, 15) is 5.11 Å². The van der Waals surface area contributed by atoms with Gasteiger partial charge < -0.3 is 10.8 Å². The summed E-state index contributed by atoms with van der Waals surface area (Å²) in [6.45, 7) is 2.29. The molecule has 0 saturated heterocycles. The van der Waals surface area contributed by atoms with E-state index in [2.05, 4.69) is 9.97 Å². The summed E-state index contributed by atoms with van der Waals surface area (Å²) < 4.78 is 0. The first-order valence-corrected chi connectivity index (χ1v) is 6.50. The molecular formula is C11H19N3OS. The number of nitrogens with zero attached hydrogens (tertiary/aromatic N) is 2. The highest BCUT2D eigenvalue weighted by Crippen LogP contribution is 2.20. The van der Waals surface area contributed by atoms with E-state index in [0.717, 1.165) is 23.6 Å². The maximum Gasteiger partial charge on any atom is 0.114 e. The van der Waals surface area contributed by atoms with Gasteiger partial charge in [-0.1, -0.05) is 6.92 Å². The van der Waals surface area contributed by atoms with Gasteiger partial charge in [0.25, 0.3) is 0 Å². The minimum Gasteiger partial charge on any atom is -0.389 e. The fraction of sp³-hybridized carbons (Fsp3) is 0.636. The van der Waals surface area contributed by atoms with Gasteiger partial charge in [-0.15, -0.1) is 11.8 Å². The number of aliphatic hydroxyl groups is 1. The van der Waals surface area contributed by atoms with Crippen LogP contribution in [-0.2, 0) is 0 Å². The summed E-state index contributed by atoms with van der Waals surface area (Å²) in [5.41, 5.74) is 4.84. The Morgan fingerprint density at radius 3 is 2.88 bits per heavy atom. The minimum atomic E-state index is -0.692. The van der Waals surface area contributed by atoms with Crippen molar-refractivity contribution in [1.29, 1.82) is 0 Å². The number of hydrogen-bond acceptors (Lipinski definition) is 5. The monoisotopic (exact) mass is 241 g/mol. The minimum absolute atomic E-state index is 0.333. The second-order valence-corrected chi connectivity index (χ2v) is 4.89. The van der Waals surface area contributed by atoms with Crippen LogP contribution in [0.2, 0.25) is 0 Å². The molecule has 1 heterocycles. The molecule has 1 aromatic heterocycles. The van der Waals surface area contributed by atoms with Gasteiger partial charge >= 0.3 is 0 Å². The predicted molar refractivity (Wildman–Crippen MR) is 66.3 cm³/mol. The molecule has 0 amide bonds. The highest BCUT2D eigenvalue weighted by Gasteiger charge is 2.21. The summed E-state index contributed by atoms with van der Waals surface area (Å²) >= 11 is 1.66. The van der Waals surface area contributed by atoms with E-state index in [4.69, 9.17) is 5.73 Å². The Morgan fingerprint density at radius 2 is 2.31 bits per heavy atom. The number of nitrogens with two attached hydrogens (primary N) is 1. The fourth-order valence-electron chi connectivity index (χ4n) is 1.36. The van der Waals surface area contributed by atoms with Crippen molar-refractivity contribution >= 4 is 11.8 Å². The lowest BCUT2D eigenvalue weighted by atomic mass is 9.95. The highest BCUT2D eigenvalue weighted by molar-refractivity contribution is 7.99. The Morgan fingerprint density at radius 1 is 1.50 bits per heavy atom. The number of rotatable bonds is 7. The zero-order chi connectivity index (χ0) is 11.9. The molecule has 4 nitrogen and oxygen atoms in total. The number of aromatic nitrogens is 2. The van der Waals surface area contributed by atoms with Crippen LogP contribution in [0.25, 0.3) is 0 Å². The topological polar surface area (TPSA) is 72.0 Å². The quantitative estimate of drug-likeness (QED) is 0.558. The molecule has 0 spiro atoms. The maximum atomic E-state index is 9.96. The zero-order valence-corrected chi connectivity index (χ0v) is 10.4. The van der Waals surface area contributed by atoms with Crippen molar-refractivity contribution in [2.45, 2.75) is 36.8 Å². The second-order valence-electron chi connectivity index (χ2n) is 3.78. The third-order valence-corrected chi connectivity index (χ3v) is 3.61. The van der Waals surface area contributed by atoms with Gasteiger partial charge in [-0.3, -0.25) is 4.98 Å². The molecule has 1 atom stereocenters. The number of hydrogen-bond donors (Lipinski definition) is 2. The summed E-state index contributed by atoms with van der Waals surface area (Å²) in [6, 6.07) is 0. The van der Waals surface area contributed by atoms with Crippen LogP contribution in [0, 0.1) is 0 Å². The smallest absolute Gasteiger partial charge is 0.114 e. The zero-order valence-electron chi connectivity index (χ0n) is 9.59. The first-order chi connectivity index (χ1) is 7.70. The molecule has 0 fully saturated rings. The van der Waals surface area contributed by atoms with Gasteiger partial charge in [-0.2, -0.15) is 0 Å². The number of thioether (sulfide) groups is 1. The summed E-state index contributed by atoms with van der Waals surface area (Å²) in [5, 5.41) is 10.9. The lowest BCUT2D eigenvalue weighted by Crippen LogP contribution is -2.36. The van der Waals surface area contributed by atoms with Crippen molar-refractivity contribution in [3.63, 3.8) is 0 Å². The van der Waals surface area contributed by atoms with Crippen molar-refractivity contribution in [3.8, 4) is 0 Å². The Labute approximate surface area is 101 Å². The molecule has 3 N–H and O–H groups in total. The molecule has 1 aromatic rings. The predicted octanol–water partition coefficient (Wildman–Crippen LogP) is 1.45. The first kappa shape index (κ1) is 13.4. The molecule has 0 bridgehead atoms. The van der Waals surface area contributed by atoms with E-state index in [1.807, 2.05) is 6.92 Å². The molecular weight excluding hydrogens is 222 g/mol. The van der Waals surface area contributed by atoms with E-state index in [1.165, 1.54) is 0 Å². The van der Waals surface area contributed by atoms with Gasteiger partial charge in [-0.05, 0) is 25.0 Å². The molecule has 0 aliphatic carbocycles. The van der Waals surface area contributed by atoms with E-state index in [1.54, 1.807) is 30.4 Å². The normalized spacial score (nSPS) is 14.7. The SMILES string of the molecule is CCC(O)(CN)CCCSc1cnccn1. The summed E-state index contributed by atoms with van der Waals surface area (Å²) in [6.07, 6.45) is 7.48. The lowest BCUT2D eigenvalue weighted by molar-refractivity contribution is 0.0360. The molecule has 0 aliphatic heterocycles. The van der Waals surface area contributed by atoms with Gasteiger partial charge in [0.05, 0.1) is 11.8 Å². The van der Waals surface area contributed by atoms with Crippen LogP contribution in [0.5, 0.6) is 0 Å². The van der Waals surface area contributed by atoms with Gasteiger partial charge in [0.2, 0.25) is 0 Å². The van der Waals surface area contributed by atoms with Gasteiger partial charge in [0.1, 0.15) is 5.03 Å². The molecule has 90 valence electrons. The average molecular weight is 241 g/mol. The maximum absolute atomic E-state index is 9.96. The Balaban J connectivity index is 2.22. The molecule has 1 rings (SSSR count). The molecule has 0 aromatic carbocycles. The lowest BCUT2D eigenvalue weighted by Gasteiger charge is -2.24. The second kappa shape index (κ2) is 6.83. The van der Waals surface area contributed by atoms with Crippen molar-refractivity contribution in [1.82, 2.24) is 9.97 Å². The van der Waals surface area contributed by atoms with Crippen molar-refractivity contribution in [3.05, 3.63) is 18.6 Å². The van der Waals surface area contributed by atoms with Crippen LogP contribution in [0.15, 0.2) is 23.6 Å². The van der Waals surface area contributed by atoms with Crippen molar-refractivity contribution < 1.29 is 5.11 Å². The van der Waals surface area contributed by atoms with Crippen LogP contribution < -0.4 is 5.73 Å². The Hall–Kier alpha value is -0.650. The molecule has 5 heteroatoms. The summed E-state index contributed by atoms with van der Waals surface area (Å²) in [5.74, 6) is 0.932. The van der Waals surface area contributed by atoms with Gasteiger partial charge in [0.15, 0.2) is 0 Å². The molecule has 0 aliphatic rings. The van der Waals surface area contributed by atoms with Crippen LogP contribution in [-0.4, -0.2) is 33.0 Å². The average Bonchev–Trinajstić information content (AvgIpc) is 2.36.